The summed E-state index contributed by atoms with van der Waals surface area (Å²) in [6, 6.07) is 9.14. The minimum atomic E-state index is -3.36. The molecule has 1 aromatic carbocycles. The standard InChI is InChI=1S/C15H17FN2O3S/c16-14-4-6-15(7-5-14)21-9-2-10-22(19,20)18-12-13-3-1-8-17-11-13/h1,3-8,11,18H,2,9-10,12H2. The van der Waals surface area contributed by atoms with Gasteiger partial charge in [-0.2, -0.15) is 0 Å². The van der Waals surface area contributed by atoms with Gasteiger partial charge < -0.3 is 4.74 Å². The van der Waals surface area contributed by atoms with Crippen LogP contribution in [0.3, 0.4) is 0 Å². The molecule has 0 saturated heterocycles. The van der Waals surface area contributed by atoms with Gasteiger partial charge in [0.2, 0.25) is 10.0 Å². The number of benzene rings is 1. The van der Waals surface area contributed by atoms with Gasteiger partial charge in [0.05, 0.1) is 12.4 Å². The molecular formula is C15H17FN2O3S. The smallest absolute Gasteiger partial charge is 0.212 e. The average molecular weight is 324 g/mol. The molecule has 22 heavy (non-hydrogen) atoms. The molecular weight excluding hydrogens is 307 g/mol. The Morgan fingerprint density at radius 1 is 1.18 bits per heavy atom. The second-order valence-electron chi connectivity index (χ2n) is 4.66. The van der Waals surface area contributed by atoms with Crippen molar-refractivity contribution in [2.45, 2.75) is 13.0 Å². The molecule has 118 valence electrons. The third kappa shape index (κ3) is 5.79. The van der Waals surface area contributed by atoms with Crippen molar-refractivity contribution < 1.29 is 17.5 Å². The Morgan fingerprint density at radius 2 is 1.95 bits per heavy atom. The predicted molar refractivity (Wildman–Crippen MR) is 81.4 cm³/mol. The summed E-state index contributed by atoms with van der Waals surface area (Å²) in [6.07, 6.45) is 3.59. The molecule has 1 heterocycles. The zero-order valence-corrected chi connectivity index (χ0v) is 12.7. The van der Waals surface area contributed by atoms with E-state index in [9.17, 15) is 12.8 Å². The molecule has 0 aliphatic carbocycles. The normalized spacial score (nSPS) is 11.3. The van der Waals surface area contributed by atoms with Crippen LogP contribution in [0.4, 0.5) is 4.39 Å². The molecule has 2 rings (SSSR count). The molecule has 0 bridgehead atoms. The third-order valence-corrected chi connectivity index (χ3v) is 4.27. The van der Waals surface area contributed by atoms with Gasteiger partial charge in [-0.25, -0.2) is 17.5 Å². The monoisotopic (exact) mass is 324 g/mol. The lowest BCUT2D eigenvalue weighted by Crippen LogP contribution is -2.26. The second-order valence-corrected chi connectivity index (χ2v) is 6.58. The first-order valence-electron chi connectivity index (χ1n) is 6.80. The molecule has 0 amide bonds. The average Bonchev–Trinajstić information content (AvgIpc) is 2.52. The summed E-state index contributed by atoms with van der Waals surface area (Å²) in [6.45, 7) is 0.467. The van der Waals surface area contributed by atoms with Crippen molar-refractivity contribution in [3.8, 4) is 5.75 Å². The third-order valence-electron chi connectivity index (χ3n) is 2.86. The lowest BCUT2D eigenvalue weighted by Gasteiger charge is -2.08. The molecule has 0 radical (unpaired) electrons. The maximum Gasteiger partial charge on any atom is 0.212 e. The summed E-state index contributed by atoms with van der Waals surface area (Å²) in [5.74, 6) is 0.144. The largest absolute Gasteiger partial charge is 0.494 e. The van der Waals surface area contributed by atoms with Crippen LogP contribution in [-0.2, 0) is 16.6 Å². The zero-order valence-electron chi connectivity index (χ0n) is 11.9. The first-order chi connectivity index (χ1) is 10.6. The van der Waals surface area contributed by atoms with Crippen molar-refractivity contribution in [1.29, 1.82) is 0 Å². The molecule has 0 aliphatic heterocycles. The van der Waals surface area contributed by atoms with Gasteiger partial charge in [-0.3, -0.25) is 4.98 Å². The maximum atomic E-state index is 12.7. The number of rotatable bonds is 8. The van der Waals surface area contributed by atoms with E-state index in [1.54, 1.807) is 24.5 Å². The highest BCUT2D eigenvalue weighted by molar-refractivity contribution is 7.89. The Kier molecular flexibility index (Phi) is 5.85. The van der Waals surface area contributed by atoms with Crippen LogP contribution >= 0.6 is 0 Å². The van der Waals surface area contributed by atoms with Gasteiger partial charge in [-0.05, 0) is 42.3 Å². The number of ether oxygens (including phenoxy) is 1. The molecule has 1 N–H and O–H groups in total. The lowest BCUT2D eigenvalue weighted by molar-refractivity contribution is 0.317. The molecule has 0 fully saturated rings. The number of nitrogens with one attached hydrogen (secondary N) is 1. The Hall–Kier alpha value is -1.99. The molecule has 1 aromatic heterocycles. The maximum absolute atomic E-state index is 12.7. The fourth-order valence-electron chi connectivity index (χ4n) is 1.74. The molecule has 0 spiro atoms. The fourth-order valence-corrected chi connectivity index (χ4v) is 2.77. The number of nitrogens with zero attached hydrogens (tertiary/aromatic N) is 1. The van der Waals surface area contributed by atoms with Crippen LogP contribution in [0.15, 0.2) is 48.8 Å². The van der Waals surface area contributed by atoms with Gasteiger partial charge in [0.15, 0.2) is 0 Å². The number of hydrogen-bond acceptors (Lipinski definition) is 4. The van der Waals surface area contributed by atoms with E-state index in [-0.39, 0.29) is 24.7 Å². The topological polar surface area (TPSA) is 68.3 Å². The summed E-state index contributed by atoms with van der Waals surface area (Å²) in [4.78, 5) is 3.92. The van der Waals surface area contributed by atoms with Crippen LogP contribution in [0, 0.1) is 5.82 Å². The van der Waals surface area contributed by atoms with Crippen LogP contribution in [-0.4, -0.2) is 25.8 Å². The Labute approximate surface area is 129 Å². The minimum absolute atomic E-state index is 0.0333. The van der Waals surface area contributed by atoms with Crippen molar-refractivity contribution in [3.05, 3.63) is 60.2 Å². The van der Waals surface area contributed by atoms with Gasteiger partial charge in [-0.15, -0.1) is 0 Å². The van der Waals surface area contributed by atoms with E-state index in [0.29, 0.717) is 12.2 Å². The number of pyridine rings is 1. The first kappa shape index (κ1) is 16.4. The molecule has 0 aliphatic rings. The van der Waals surface area contributed by atoms with E-state index >= 15 is 0 Å². The highest BCUT2D eigenvalue weighted by atomic mass is 32.2. The van der Waals surface area contributed by atoms with E-state index in [2.05, 4.69) is 9.71 Å². The Balaban J connectivity index is 1.70. The van der Waals surface area contributed by atoms with E-state index < -0.39 is 10.0 Å². The van der Waals surface area contributed by atoms with Gasteiger partial charge in [0, 0.05) is 18.9 Å². The minimum Gasteiger partial charge on any atom is -0.494 e. The van der Waals surface area contributed by atoms with Crippen molar-refractivity contribution in [1.82, 2.24) is 9.71 Å². The first-order valence-corrected chi connectivity index (χ1v) is 8.45. The molecule has 0 unspecified atom stereocenters. The van der Waals surface area contributed by atoms with Gasteiger partial charge in [0.25, 0.3) is 0 Å². The SMILES string of the molecule is O=S(=O)(CCCOc1ccc(F)cc1)NCc1cccnc1. The fraction of sp³-hybridized carbons (Fsp3) is 0.267. The van der Waals surface area contributed by atoms with Gasteiger partial charge in [-0.1, -0.05) is 6.07 Å². The van der Waals surface area contributed by atoms with Crippen molar-refractivity contribution >= 4 is 10.0 Å². The van der Waals surface area contributed by atoms with Crippen molar-refractivity contribution in [2.75, 3.05) is 12.4 Å². The summed E-state index contributed by atoms with van der Waals surface area (Å²) >= 11 is 0. The van der Waals surface area contributed by atoms with Crippen molar-refractivity contribution in [2.24, 2.45) is 0 Å². The summed E-state index contributed by atoms with van der Waals surface area (Å²) < 4.78 is 44.2. The van der Waals surface area contributed by atoms with E-state index in [0.717, 1.165) is 5.56 Å². The molecule has 7 heteroatoms. The summed E-state index contributed by atoms with van der Waals surface area (Å²) in [7, 11) is -3.36. The van der Waals surface area contributed by atoms with E-state index in [1.807, 2.05) is 0 Å². The highest BCUT2D eigenvalue weighted by Gasteiger charge is 2.09. The predicted octanol–water partition coefficient (Wildman–Crippen LogP) is 2.11. The molecule has 5 nitrogen and oxygen atoms in total. The van der Waals surface area contributed by atoms with E-state index in [1.165, 1.54) is 24.3 Å². The second kappa shape index (κ2) is 7.86. The van der Waals surface area contributed by atoms with Gasteiger partial charge >= 0.3 is 0 Å². The van der Waals surface area contributed by atoms with Crippen LogP contribution < -0.4 is 9.46 Å². The lowest BCUT2D eigenvalue weighted by atomic mass is 10.3. The quantitative estimate of drug-likeness (QED) is 0.755. The Morgan fingerprint density at radius 3 is 2.64 bits per heavy atom. The highest BCUT2D eigenvalue weighted by Crippen LogP contribution is 2.11. The van der Waals surface area contributed by atoms with Gasteiger partial charge in [0.1, 0.15) is 11.6 Å². The van der Waals surface area contributed by atoms with Crippen molar-refractivity contribution in [3.63, 3.8) is 0 Å². The molecule has 2 aromatic rings. The number of halogens is 1. The number of sulfonamides is 1. The molecule has 0 saturated carbocycles. The van der Waals surface area contributed by atoms with Crippen LogP contribution in [0.5, 0.6) is 5.75 Å². The summed E-state index contributed by atoms with van der Waals surface area (Å²) in [5, 5.41) is 0. The Bertz CT molecular complexity index is 676. The summed E-state index contributed by atoms with van der Waals surface area (Å²) in [5.41, 5.74) is 0.800. The van der Waals surface area contributed by atoms with E-state index in [4.69, 9.17) is 4.74 Å². The van der Waals surface area contributed by atoms with Crippen LogP contribution in [0.25, 0.3) is 0 Å². The number of aromatic nitrogens is 1. The number of hydrogen-bond donors (Lipinski definition) is 1. The van der Waals surface area contributed by atoms with Crippen LogP contribution in [0.1, 0.15) is 12.0 Å². The molecule has 0 atom stereocenters. The van der Waals surface area contributed by atoms with Crippen LogP contribution in [0.2, 0.25) is 0 Å². The zero-order chi connectivity index (χ0) is 15.8.